The lowest BCUT2D eigenvalue weighted by molar-refractivity contribution is -0.127. The SMILES string of the molecule is CCN(CCNC(=O)CCC(CN=O)NC(=O)/C=C/CN(C)C(O)CNC(=O)C(NC)C(C)(C)c1cccc(OC)c1)C(=O)/C=C\C=O. The number of rotatable bonds is 23. The number of likely N-dealkylation sites (N-methyl/N-ethyl adjacent to an activating group) is 3. The van der Waals surface area contributed by atoms with Crippen molar-refractivity contribution in [1.82, 2.24) is 31.1 Å². The van der Waals surface area contributed by atoms with Gasteiger partial charge in [0, 0.05) is 50.2 Å². The average Bonchev–Trinajstić information content (AvgIpc) is 3.07. The van der Waals surface area contributed by atoms with Gasteiger partial charge in [0.15, 0.2) is 0 Å². The summed E-state index contributed by atoms with van der Waals surface area (Å²) in [4.78, 5) is 74.1. The summed E-state index contributed by atoms with van der Waals surface area (Å²) in [6, 6.07) is 6.21. The Balaban J connectivity index is 2.54. The summed E-state index contributed by atoms with van der Waals surface area (Å²) in [6.07, 6.45) is 4.67. The number of nitrogens with one attached hydrogen (secondary N) is 4. The number of hydrogen-bond acceptors (Lipinski definition) is 11. The highest BCUT2D eigenvalue weighted by molar-refractivity contribution is 5.91. The lowest BCUT2D eigenvalue weighted by Gasteiger charge is -2.34. The van der Waals surface area contributed by atoms with Gasteiger partial charge in [-0.15, -0.1) is 0 Å². The first-order chi connectivity index (χ1) is 22.8. The molecule has 0 radical (unpaired) electrons. The van der Waals surface area contributed by atoms with Gasteiger partial charge in [0.1, 0.15) is 24.8 Å². The van der Waals surface area contributed by atoms with Crippen LogP contribution in [0.25, 0.3) is 0 Å². The van der Waals surface area contributed by atoms with Gasteiger partial charge in [0.25, 0.3) is 0 Å². The molecule has 0 saturated heterocycles. The first kappa shape index (κ1) is 41.6. The molecule has 1 rings (SSSR count). The third-order valence-electron chi connectivity index (χ3n) is 7.79. The first-order valence-corrected chi connectivity index (χ1v) is 15.8. The number of aliphatic hydroxyl groups is 1. The molecule has 0 spiro atoms. The monoisotopic (exact) mass is 673 g/mol. The highest BCUT2D eigenvalue weighted by Gasteiger charge is 2.36. The van der Waals surface area contributed by atoms with Crippen LogP contribution < -0.4 is 26.0 Å². The van der Waals surface area contributed by atoms with Gasteiger partial charge in [-0.25, -0.2) is 0 Å². The average molecular weight is 674 g/mol. The van der Waals surface area contributed by atoms with Gasteiger partial charge in [-0.1, -0.05) is 37.2 Å². The van der Waals surface area contributed by atoms with Crippen molar-refractivity contribution in [3.63, 3.8) is 0 Å². The molecule has 1 aromatic carbocycles. The van der Waals surface area contributed by atoms with E-state index in [1.165, 1.54) is 22.0 Å². The summed E-state index contributed by atoms with van der Waals surface area (Å²) < 4.78 is 5.32. The molecule has 0 aliphatic rings. The van der Waals surface area contributed by atoms with Crippen LogP contribution in [-0.2, 0) is 29.4 Å². The van der Waals surface area contributed by atoms with Crippen LogP contribution in [0.3, 0.4) is 0 Å². The van der Waals surface area contributed by atoms with Gasteiger partial charge in [0.05, 0.1) is 25.7 Å². The van der Waals surface area contributed by atoms with Crippen LogP contribution in [0, 0.1) is 4.91 Å². The van der Waals surface area contributed by atoms with Gasteiger partial charge < -0.3 is 36.0 Å². The van der Waals surface area contributed by atoms with E-state index in [4.69, 9.17) is 4.74 Å². The zero-order valence-electron chi connectivity index (χ0n) is 28.7. The van der Waals surface area contributed by atoms with E-state index in [1.807, 2.05) is 38.1 Å². The molecule has 266 valence electrons. The van der Waals surface area contributed by atoms with Crippen molar-refractivity contribution in [3.8, 4) is 5.75 Å². The predicted octanol–water partition coefficient (Wildman–Crippen LogP) is 0.235. The number of hydrogen-bond donors (Lipinski definition) is 5. The molecule has 0 heterocycles. The molecule has 4 amide bonds. The molecule has 1 aromatic rings. The Morgan fingerprint density at radius 1 is 1.15 bits per heavy atom. The second-order valence-electron chi connectivity index (χ2n) is 11.6. The number of methoxy groups -OCH3 is 1. The van der Waals surface area contributed by atoms with Crippen LogP contribution in [0.2, 0.25) is 0 Å². The third-order valence-corrected chi connectivity index (χ3v) is 7.79. The van der Waals surface area contributed by atoms with E-state index in [-0.39, 0.29) is 63.3 Å². The maximum Gasteiger partial charge on any atom is 0.246 e. The molecule has 0 aromatic heterocycles. The Morgan fingerprint density at radius 3 is 2.50 bits per heavy atom. The minimum atomic E-state index is -1.04. The normalized spacial score (nSPS) is 13.5. The second kappa shape index (κ2) is 22.2. The summed E-state index contributed by atoms with van der Waals surface area (Å²) >= 11 is 0. The van der Waals surface area contributed by atoms with Crippen LogP contribution >= 0.6 is 0 Å². The van der Waals surface area contributed by atoms with E-state index in [1.54, 1.807) is 28.1 Å². The lowest BCUT2D eigenvalue weighted by Crippen LogP contribution is -2.55. The van der Waals surface area contributed by atoms with Crippen molar-refractivity contribution < 1.29 is 33.8 Å². The van der Waals surface area contributed by atoms with Gasteiger partial charge >= 0.3 is 0 Å². The molecular formula is C33H51N7O8. The number of aliphatic hydroxyl groups excluding tert-OH is 1. The zero-order chi connectivity index (χ0) is 36.1. The number of ether oxygens (including phenoxy) is 1. The van der Waals surface area contributed by atoms with Crippen molar-refractivity contribution in [1.29, 1.82) is 0 Å². The molecule has 15 nitrogen and oxygen atoms in total. The van der Waals surface area contributed by atoms with E-state index < -0.39 is 29.6 Å². The zero-order valence-corrected chi connectivity index (χ0v) is 28.7. The molecule has 3 atom stereocenters. The first-order valence-electron chi connectivity index (χ1n) is 15.8. The lowest BCUT2D eigenvalue weighted by atomic mass is 9.77. The summed E-state index contributed by atoms with van der Waals surface area (Å²) in [6.45, 7) is 6.39. The van der Waals surface area contributed by atoms with E-state index in [9.17, 15) is 34.0 Å². The quantitative estimate of drug-likeness (QED) is 0.0464. The van der Waals surface area contributed by atoms with Gasteiger partial charge in [-0.3, -0.25) is 28.9 Å². The molecule has 5 N–H and O–H groups in total. The van der Waals surface area contributed by atoms with Crippen LogP contribution in [0.1, 0.15) is 39.2 Å². The van der Waals surface area contributed by atoms with Crippen molar-refractivity contribution in [2.45, 2.75) is 57.3 Å². The number of benzene rings is 1. The molecule has 0 bridgehead atoms. The van der Waals surface area contributed by atoms with E-state index in [0.29, 0.717) is 18.6 Å². The fourth-order valence-electron chi connectivity index (χ4n) is 4.83. The maximum atomic E-state index is 13.1. The van der Waals surface area contributed by atoms with Crippen LogP contribution in [-0.4, -0.2) is 124 Å². The second-order valence-corrected chi connectivity index (χ2v) is 11.6. The molecule has 0 aliphatic carbocycles. The van der Waals surface area contributed by atoms with Gasteiger partial charge in [0.2, 0.25) is 23.6 Å². The largest absolute Gasteiger partial charge is 0.497 e. The highest BCUT2D eigenvalue weighted by atomic mass is 16.5. The number of amides is 4. The standard InChI is InChI=1S/C33H51N7O8/c1-7-40(29(44)14-10-20-41)19-17-35-27(42)16-15-25(22-37-47)38-28(43)13-9-18-39(5)30(45)23-36-32(46)31(34-4)33(2,3)24-11-8-12-26(21-24)48-6/h8-14,20-21,25,30-31,34,45H,7,15-19,22-23H2,1-6H3,(H,35,42)(H,36,46)(H,38,43)/b13-9+,14-10-. The molecule has 15 heteroatoms. The number of nitroso groups, excluding NO2 is 1. The minimum absolute atomic E-state index is 0.0150. The highest BCUT2D eigenvalue weighted by Crippen LogP contribution is 2.30. The van der Waals surface area contributed by atoms with E-state index >= 15 is 0 Å². The Bertz CT molecular complexity index is 1270. The topological polar surface area (TPSA) is 199 Å². The smallest absolute Gasteiger partial charge is 0.246 e. The van der Waals surface area contributed by atoms with Gasteiger partial charge in [-0.2, -0.15) is 4.91 Å². The fraction of sp³-hybridized carbons (Fsp3) is 0.545. The summed E-state index contributed by atoms with van der Waals surface area (Å²) in [7, 11) is 4.90. The van der Waals surface area contributed by atoms with E-state index in [0.717, 1.165) is 17.7 Å². The number of carbonyl (C=O) groups excluding carboxylic acids is 5. The Morgan fingerprint density at radius 2 is 1.88 bits per heavy atom. The molecule has 0 fully saturated rings. The van der Waals surface area contributed by atoms with Crippen molar-refractivity contribution in [3.05, 3.63) is 59.0 Å². The predicted molar refractivity (Wildman–Crippen MR) is 182 cm³/mol. The summed E-state index contributed by atoms with van der Waals surface area (Å²) in [5.74, 6) is -0.783. The maximum absolute atomic E-state index is 13.1. The molecule has 48 heavy (non-hydrogen) atoms. The fourth-order valence-corrected chi connectivity index (χ4v) is 4.83. The number of aldehydes is 1. The molecule has 3 unspecified atom stereocenters. The van der Waals surface area contributed by atoms with Crippen LogP contribution in [0.4, 0.5) is 0 Å². The summed E-state index contributed by atoms with van der Waals surface area (Å²) in [5, 5.41) is 24.6. The van der Waals surface area contributed by atoms with Crippen LogP contribution in [0.15, 0.2) is 53.7 Å². The summed E-state index contributed by atoms with van der Waals surface area (Å²) in [5.41, 5.74) is 0.303. The molecular weight excluding hydrogens is 622 g/mol. The van der Waals surface area contributed by atoms with Crippen molar-refractivity contribution >= 4 is 29.9 Å². The van der Waals surface area contributed by atoms with E-state index in [2.05, 4.69) is 26.4 Å². The number of nitrogens with zero attached hydrogens (tertiary/aromatic N) is 3. The van der Waals surface area contributed by atoms with Crippen molar-refractivity contribution in [2.75, 3.05) is 60.5 Å². The number of carbonyl (C=O) groups is 5. The van der Waals surface area contributed by atoms with Gasteiger partial charge in [-0.05, 0) is 51.2 Å². The third kappa shape index (κ3) is 14.5. The van der Waals surface area contributed by atoms with Crippen molar-refractivity contribution in [2.24, 2.45) is 5.18 Å². The molecule has 0 aliphatic heterocycles. The Kier molecular flexibility index (Phi) is 19.2. The Hall–Kier alpha value is -4.47. The Labute approximate surface area is 282 Å². The minimum Gasteiger partial charge on any atom is -0.497 e. The molecule has 0 saturated carbocycles. The van der Waals surface area contributed by atoms with Crippen LogP contribution in [0.5, 0.6) is 5.75 Å². The number of allylic oxidation sites excluding steroid dienone is 1.